The molecule has 1 rings (SSSR count). The van der Waals surface area contributed by atoms with Crippen LogP contribution in [0, 0.1) is 5.92 Å². The number of carbonyl (C=O) groups excluding carboxylic acids is 2. The Kier molecular flexibility index (Phi) is 10.6. The summed E-state index contributed by atoms with van der Waals surface area (Å²) < 4.78 is 10.6. The number of hydrogen-bond donors (Lipinski definition) is 0. The smallest absolute Gasteiger partial charge is 0.316 e. The average molecular weight is 334 g/mol. The summed E-state index contributed by atoms with van der Waals surface area (Å²) in [6, 6.07) is 9.86. The Morgan fingerprint density at radius 1 is 0.958 bits per heavy atom. The van der Waals surface area contributed by atoms with Gasteiger partial charge in [0.2, 0.25) is 0 Å². The van der Waals surface area contributed by atoms with Crippen LogP contribution >= 0.6 is 0 Å². The molecule has 0 N–H and O–H groups in total. The molecule has 1 aromatic carbocycles. The number of unbranched alkanes of at least 4 members (excludes halogenated alkanes) is 5. The number of rotatable bonds is 13. The van der Waals surface area contributed by atoms with Gasteiger partial charge >= 0.3 is 5.97 Å². The number of carbonyl (C=O) groups is 2. The SMILES string of the molecule is CCOC(=O)C(CCCCCCCCOc1ccccc1)C(C)=O. The molecule has 1 atom stereocenters. The molecule has 0 aliphatic heterocycles. The summed E-state index contributed by atoms with van der Waals surface area (Å²) in [5.74, 6) is -0.120. The first-order valence-corrected chi connectivity index (χ1v) is 9.00. The molecule has 24 heavy (non-hydrogen) atoms. The third-order valence-corrected chi connectivity index (χ3v) is 3.96. The Bertz CT molecular complexity index is 470. The Morgan fingerprint density at radius 2 is 1.58 bits per heavy atom. The van der Waals surface area contributed by atoms with Crippen molar-refractivity contribution in [2.24, 2.45) is 5.92 Å². The quantitative estimate of drug-likeness (QED) is 0.301. The number of Topliss-reactive ketones (excluding diaryl/α,β-unsaturated/α-hetero) is 1. The minimum Gasteiger partial charge on any atom is -0.494 e. The molecule has 0 aromatic heterocycles. The van der Waals surface area contributed by atoms with Crippen LogP contribution in [0.2, 0.25) is 0 Å². The lowest BCUT2D eigenvalue weighted by Crippen LogP contribution is -2.24. The first-order valence-electron chi connectivity index (χ1n) is 9.00. The molecule has 1 aromatic rings. The van der Waals surface area contributed by atoms with Crippen LogP contribution in [0.1, 0.15) is 58.8 Å². The van der Waals surface area contributed by atoms with Crippen LogP contribution in [0.4, 0.5) is 0 Å². The Morgan fingerprint density at radius 3 is 2.21 bits per heavy atom. The molecular weight excluding hydrogens is 304 g/mol. The van der Waals surface area contributed by atoms with Crippen molar-refractivity contribution in [2.45, 2.75) is 58.8 Å². The number of ketones is 1. The first kappa shape index (κ1) is 20.2. The van der Waals surface area contributed by atoms with Crippen molar-refractivity contribution in [1.82, 2.24) is 0 Å². The van der Waals surface area contributed by atoms with Gasteiger partial charge in [0.15, 0.2) is 0 Å². The van der Waals surface area contributed by atoms with Gasteiger partial charge in [-0.15, -0.1) is 0 Å². The standard InChI is InChI=1S/C20H30O4/c1-3-23-20(22)19(17(2)21)15-11-6-4-5-7-12-16-24-18-13-9-8-10-14-18/h8-10,13-14,19H,3-7,11-12,15-16H2,1-2H3. The molecule has 0 saturated heterocycles. The maximum Gasteiger partial charge on any atom is 0.316 e. The highest BCUT2D eigenvalue weighted by Gasteiger charge is 2.23. The van der Waals surface area contributed by atoms with Crippen LogP contribution in [0.25, 0.3) is 0 Å². The largest absolute Gasteiger partial charge is 0.494 e. The van der Waals surface area contributed by atoms with Crippen LogP contribution in [0.15, 0.2) is 30.3 Å². The monoisotopic (exact) mass is 334 g/mol. The third-order valence-electron chi connectivity index (χ3n) is 3.96. The van der Waals surface area contributed by atoms with Gasteiger partial charge in [-0.25, -0.2) is 0 Å². The van der Waals surface area contributed by atoms with Gasteiger partial charge in [0.25, 0.3) is 0 Å². The average Bonchev–Trinajstić information content (AvgIpc) is 2.57. The molecule has 0 aliphatic carbocycles. The predicted molar refractivity (Wildman–Crippen MR) is 95.1 cm³/mol. The zero-order chi connectivity index (χ0) is 17.6. The number of para-hydroxylation sites is 1. The molecular formula is C20H30O4. The molecule has 1 unspecified atom stereocenters. The Labute approximate surface area is 145 Å². The third kappa shape index (κ3) is 8.70. The highest BCUT2D eigenvalue weighted by atomic mass is 16.5. The lowest BCUT2D eigenvalue weighted by molar-refractivity contribution is -0.151. The minimum atomic E-state index is -0.579. The number of benzene rings is 1. The molecule has 0 spiro atoms. The normalized spacial score (nSPS) is 11.8. The second-order valence-corrected chi connectivity index (χ2v) is 5.99. The van der Waals surface area contributed by atoms with Crippen molar-refractivity contribution < 1.29 is 19.1 Å². The van der Waals surface area contributed by atoms with E-state index in [1.165, 1.54) is 6.92 Å². The summed E-state index contributed by atoms with van der Waals surface area (Å²) in [5.41, 5.74) is 0. The van der Waals surface area contributed by atoms with Gasteiger partial charge in [0, 0.05) is 0 Å². The number of esters is 1. The molecule has 4 heteroatoms. The lowest BCUT2D eigenvalue weighted by atomic mass is 9.97. The van der Waals surface area contributed by atoms with E-state index in [2.05, 4.69) is 0 Å². The van der Waals surface area contributed by atoms with E-state index in [-0.39, 0.29) is 11.8 Å². The molecule has 0 heterocycles. The van der Waals surface area contributed by atoms with Gasteiger partial charge in [-0.1, -0.05) is 50.3 Å². The summed E-state index contributed by atoms with van der Waals surface area (Å²) in [7, 11) is 0. The van der Waals surface area contributed by atoms with Gasteiger partial charge < -0.3 is 9.47 Å². The van der Waals surface area contributed by atoms with Gasteiger partial charge in [0.05, 0.1) is 13.2 Å². The van der Waals surface area contributed by atoms with Gasteiger partial charge in [0.1, 0.15) is 17.5 Å². The Hall–Kier alpha value is -1.84. The zero-order valence-electron chi connectivity index (χ0n) is 15.0. The highest BCUT2D eigenvalue weighted by Crippen LogP contribution is 2.15. The molecule has 0 bridgehead atoms. The van der Waals surface area contributed by atoms with Crippen LogP contribution < -0.4 is 4.74 Å². The van der Waals surface area contributed by atoms with Crippen molar-refractivity contribution in [3.8, 4) is 5.75 Å². The van der Waals surface area contributed by atoms with Crippen molar-refractivity contribution in [3.63, 3.8) is 0 Å². The highest BCUT2D eigenvalue weighted by molar-refractivity contribution is 5.97. The second kappa shape index (κ2) is 12.6. The molecule has 0 amide bonds. The number of ether oxygens (including phenoxy) is 2. The summed E-state index contributed by atoms with van der Waals surface area (Å²) in [5, 5.41) is 0. The van der Waals surface area contributed by atoms with Crippen molar-refractivity contribution in [1.29, 1.82) is 0 Å². The van der Waals surface area contributed by atoms with Crippen molar-refractivity contribution in [2.75, 3.05) is 13.2 Å². The van der Waals surface area contributed by atoms with E-state index in [1.54, 1.807) is 6.92 Å². The van der Waals surface area contributed by atoms with Gasteiger partial charge in [-0.3, -0.25) is 9.59 Å². The van der Waals surface area contributed by atoms with Gasteiger partial charge in [-0.05, 0) is 38.8 Å². The molecule has 0 radical (unpaired) electrons. The fourth-order valence-corrected chi connectivity index (χ4v) is 2.59. The van der Waals surface area contributed by atoms with Crippen LogP contribution in [-0.4, -0.2) is 25.0 Å². The van der Waals surface area contributed by atoms with E-state index in [4.69, 9.17) is 9.47 Å². The van der Waals surface area contributed by atoms with Crippen molar-refractivity contribution in [3.05, 3.63) is 30.3 Å². The summed E-state index contributed by atoms with van der Waals surface area (Å²) >= 11 is 0. The van der Waals surface area contributed by atoms with Crippen LogP contribution in [0.5, 0.6) is 5.75 Å². The second-order valence-electron chi connectivity index (χ2n) is 5.99. The lowest BCUT2D eigenvalue weighted by Gasteiger charge is -2.12. The maximum atomic E-state index is 11.7. The van der Waals surface area contributed by atoms with E-state index >= 15 is 0 Å². The minimum absolute atomic E-state index is 0.0912. The zero-order valence-corrected chi connectivity index (χ0v) is 15.0. The van der Waals surface area contributed by atoms with Gasteiger partial charge in [-0.2, -0.15) is 0 Å². The first-order chi connectivity index (χ1) is 11.6. The van der Waals surface area contributed by atoms with E-state index in [9.17, 15) is 9.59 Å². The molecule has 0 fully saturated rings. The van der Waals surface area contributed by atoms with E-state index in [0.29, 0.717) is 13.0 Å². The number of hydrogen-bond acceptors (Lipinski definition) is 4. The fraction of sp³-hybridized carbons (Fsp3) is 0.600. The molecule has 0 aliphatic rings. The molecule has 4 nitrogen and oxygen atoms in total. The molecule has 134 valence electrons. The molecule has 0 saturated carbocycles. The van der Waals surface area contributed by atoms with E-state index in [1.807, 2.05) is 30.3 Å². The summed E-state index contributed by atoms with van der Waals surface area (Å²) in [6.45, 7) is 4.30. The van der Waals surface area contributed by atoms with E-state index < -0.39 is 5.92 Å². The summed E-state index contributed by atoms with van der Waals surface area (Å²) in [6.07, 6.45) is 7.01. The Balaban J connectivity index is 2.01. The van der Waals surface area contributed by atoms with Crippen LogP contribution in [0.3, 0.4) is 0 Å². The van der Waals surface area contributed by atoms with E-state index in [0.717, 1.165) is 50.9 Å². The topological polar surface area (TPSA) is 52.6 Å². The van der Waals surface area contributed by atoms with Crippen LogP contribution in [-0.2, 0) is 14.3 Å². The predicted octanol–water partition coefficient (Wildman–Crippen LogP) is 4.56. The van der Waals surface area contributed by atoms with Crippen molar-refractivity contribution >= 4 is 11.8 Å². The fourth-order valence-electron chi connectivity index (χ4n) is 2.59. The maximum absolute atomic E-state index is 11.7. The summed E-state index contributed by atoms with van der Waals surface area (Å²) in [4.78, 5) is 23.2.